The van der Waals surface area contributed by atoms with Crippen LogP contribution in [0, 0.1) is 6.92 Å². The molecule has 4 rings (SSSR count). The van der Waals surface area contributed by atoms with E-state index in [0.29, 0.717) is 42.1 Å². The van der Waals surface area contributed by atoms with Gasteiger partial charge in [-0.15, -0.1) is 11.3 Å². The van der Waals surface area contributed by atoms with Crippen molar-refractivity contribution in [2.45, 2.75) is 6.92 Å². The summed E-state index contributed by atoms with van der Waals surface area (Å²) in [6.45, 7) is 4.62. The van der Waals surface area contributed by atoms with Crippen molar-refractivity contribution in [2.24, 2.45) is 0 Å². The molecule has 2 amide bonds. The summed E-state index contributed by atoms with van der Waals surface area (Å²) >= 11 is 7.40. The monoisotopic (exact) mass is 444 g/mol. The van der Waals surface area contributed by atoms with Crippen LogP contribution in [-0.2, 0) is 4.79 Å². The predicted octanol–water partition coefficient (Wildman–Crippen LogP) is 3.76. The van der Waals surface area contributed by atoms with Gasteiger partial charge < -0.3 is 14.6 Å². The molecule has 0 atom stereocenters. The van der Waals surface area contributed by atoms with Gasteiger partial charge >= 0.3 is 0 Å². The number of benzene rings is 1. The smallest absolute Gasteiger partial charge is 0.289 e. The normalized spacial score (nSPS) is 14.7. The van der Waals surface area contributed by atoms with Crippen molar-refractivity contribution in [3.8, 4) is 11.3 Å². The van der Waals surface area contributed by atoms with E-state index >= 15 is 0 Å². The number of carbonyl (C=O) groups excluding carboxylic acids is 2. The molecular formula is C21H21ClN4O3S. The zero-order chi connectivity index (χ0) is 21.1. The molecule has 1 saturated heterocycles. The highest BCUT2D eigenvalue weighted by molar-refractivity contribution is 7.16. The molecule has 1 aromatic carbocycles. The summed E-state index contributed by atoms with van der Waals surface area (Å²) in [6.07, 6.45) is 1.49. The first kappa shape index (κ1) is 20.6. The second kappa shape index (κ2) is 8.99. The van der Waals surface area contributed by atoms with Crippen LogP contribution in [0.1, 0.15) is 15.4 Å². The first-order chi connectivity index (χ1) is 14.5. The van der Waals surface area contributed by atoms with Crippen LogP contribution in [0.15, 0.2) is 47.1 Å². The Morgan fingerprint density at radius 3 is 2.57 bits per heavy atom. The molecule has 0 aliphatic carbocycles. The number of carbonyl (C=O) groups is 2. The lowest BCUT2D eigenvalue weighted by Crippen LogP contribution is -2.50. The van der Waals surface area contributed by atoms with Crippen LogP contribution in [0.4, 0.5) is 5.13 Å². The van der Waals surface area contributed by atoms with Crippen molar-refractivity contribution in [3.63, 3.8) is 0 Å². The van der Waals surface area contributed by atoms with E-state index in [1.54, 1.807) is 17.0 Å². The fraction of sp³-hybridized carbons (Fsp3) is 0.286. The van der Waals surface area contributed by atoms with Gasteiger partial charge in [0.25, 0.3) is 5.91 Å². The average Bonchev–Trinajstić information content (AvgIpc) is 3.39. The number of thiazole rings is 1. The maximum absolute atomic E-state index is 12.5. The Bertz CT molecular complexity index is 1030. The van der Waals surface area contributed by atoms with Crippen LogP contribution in [0.2, 0.25) is 5.02 Å². The lowest BCUT2D eigenvalue weighted by atomic mass is 10.1. The van der Waals surface area contributed by atoms with E-state index in [0.717, 1.165) is 16.1 Å². The zero-order valence-electron chi connectivity index (χ0n) is 16.4. The molecule has 3 heterocycles. The minimum Gasteiger partial charge on any atom is -0.459 e. The lowest BCUT2D eigenvalue weighted by molar-refractivity contribution is -0.117. The number of piperazine rings is 1. The second-order valence-corrected chi connectivity index (χ2v) is 8.66. The number of nitrogens with one attached hydrogen (secondary N) is 1. The molecule has 1 aliphatic rings. The van der Waals surface area contributed by atoms with Crippen molar-refractivity contribution in [1.82, 2.24) is 14.8 Å². The maximum atomic E-state index is 12.5. The van der Waals surface area contributed by atoms with Gasteiger partial charge in [-0.3, -0.25) is 14.5 Å². The molecule has 3 aromatic rings. The predicted molar refractivity (Wildman–Crippen MR) is 117 cm³/mol. The molecule has 156 valence electrons. The number of nitrogens with zero attached hydrogens (tertiary/aromatic N) is 3. The van der Waals surface area contributed by atoms with Crippen molar-refractivity contribution in [1.29, 1.82) is 0 Å². The van der Waals surface area contributed by atoms with Gasteiger partial charge in [-0.1, -0.05) is 23.7 Å². The number of hydrogen-bond donors (Lipinski definition) is 1. The third-order valence-electron chi connectivity index (χ3n) is 4.92. The van der Waals surface area contributed by atoms with E-state index in [9.17, 15) is 9.59 Å². The minimum absolute atomic E-state index is 0.114. The number of rotatable bonds is 5. The van der Waals surface area contributed by atoms with Crippen molar-refractivity contribution in [3.05, 3.63) is 58.3 Å². The van der Waals surface area contributed by atoms with E-state index in [1.165, 1.54) is 17.6 Å². The third kappa shape index (κ3) is 4.72. The summed E-state index contributed by atoms with van der Waals surface area (Å²) < 4.78 is 5.17. The van der Waals surface area contributed by atoms with Gasteiger partial charge in [0.15, 0.2) is 10.9 Å². The van der Waals surface area contributed by atoms with E-state index in [1.807, 2.05) is 36.1 Å². The van der Waals surface area contributed by atoms with E-state index in [-0.39, 0.29) is 18.4 Å². The van der Waals surface area contributed by atoms with E-state index in [4.69, 9.17) is 16.0 Å². The molecule has 30 heavy (non-hydrogen) atoms. The second-order valence-electron chi connectivity index (χ2n) is 7.02. The van der Waals surface area contributed by atoms with Crippen molar-refractivity contribution in [2.75, 3.05) is 38.0 Å². The largest absolute Gasteiger partial charge is 0.459 e. The van der Waals surface area contributed by atoms with Gasteiger partial charge in [0.1, 0.15) is 0 Å². The van der Waals surface area contributed by atoms with Crippen LogP contribution in [0.3, 0.4) is 0 Å². The van der Waals surface area contributed by atoms with Crippen molar-refractivity contribution < 1.29 is 14.0 Å². The number of aryl methyl sites for hydroxylation is 1. The third-order valence-corrected chi connectivity index (χ3v) is 6.06. The molecule has 1 fully saturated rings. The Kier molecular flexibility index (Phi) is 6.17. The molecule has 0 unspecified atom stereocenters. The molecule has 0 spiro atoms. The first-order valence-electron chi connectivity index (χ1n) is 9.58. The summed E-state index contributed by atoms with van der Waals surface area (Å²) in [4.78, 5) is 34.2. The number of aromatic nitrogens is 1. The van der Waals surface area contributed by atoms with Crippen molar-refractivity contribution >= 4 is 39.9 Å². The average molecular weight is 445 g/mol. The first-order valence-corrected chi connectivity index (χ1v) is 10.8. The summed E-state index contributed by atoms with van der Waals surface area (Å²) in [7, 11) is 0. The summed E-state index contributed by atoms with van der Waals surface area (Å²) in [5.41, 5.74) is 1.81. The van der Waals surface area contributed by atoms with Gasteiger partial charge in [-0.25, -0.2) is 4.98 Å². The highest BCUT2D eigenvalue weighted by atomic mass is 35.5. The van der Waals surface area contributed by atoms with Gasteiger partial charge in [-0.2, -0.15) is 0 Å². The maximum Gasteiger partial charge on any atom is 0.289 e. The van der Waals surface area contributed by atoms with Crippen LogP contribution in [0.25, 0.3) is 11.3 Å². The molecule has 0 bridgehead atoms. The Labute approximate surface area is 183 Å². The highest BCUT2D eigenvalue weighted by Crippen LogP contribution is 2.31. The molecule has 0 radical (unpaired) electrons. The molecule has 2 aromatic heterocycles. The molecule has 0 saturated carbocycles. The number of anilines is 1. The number of hydrogen-bond acceptors (Lipinski definition) is 6. The summed E-state index contributed by atoms with van der Waals surface area (Å²) in [5.74, 6) is 0.117. The molecule has 1 aliphatic heterocycles. The molecular weight excluding hydrogens is 424 g/mol. The van der Waals surface area contributed by atoms with Crippen LogP contribution >= 0.6 is 22.9 Å². The Balaban J connectivity index is 1.30. The van der Waals surface area contributed by atoms with Crippen LogP contribution in [0.5, 0.6) is 0 Å². The Morgan fingerprint density at radius 2 is 1.90 bits per heavy atom. The van der Waals surface area contributed by atoms with Gasteiger partial charge in [-0.05, 0) is 31.2 Å². The standard InChI is InChI=1S/C21H21ClN4O3S/c1-14-19(15-4-6-16(22)7-5-15)24-21(30-14)23-18(27)13-25-8-10-26(11-9-25)20(28)17-3-2-12-29-17/h2-7,12H,8-11,13H2,1H3,(H,23,24,27). The Morgan fingerprint density at radius 1 is 1.17 bits per heavy atom. The van der Waals surface area contributed by atoms with E-state index < -0.39 is 0 Å². The molecule has 9 heteroatoms. The fourth-order valence-electron chi connectivity index (χ4n) is 3.35. The molecule has 7 nitrogen and oxygen atoms in total. The highest BCUT2D eigenvalue weighted by Gasteiger charge is 2.25. The van der Waals surface area contributed by atoms with Crippen LogP contribution in [-0.4, -0.2) is 59.3 Å². The topological polar surface area (TPSA) is 78.7 Å². The number of amides is 2. The SMILES string of the molecule is Cc1sc(NC(=O)CN2CCN(C(=O)c3ccco3)CC2)nc1-c1ccc(Cl)cc1. The summed E-state index contributed by atoms with van der Waals surface area (Å²) in [5, 5.41) is 4.14. The minimum atomic E-state index is -0.114. The van der Waals surface area contributed by atoms with Gasteiger partial charge in [0.2, 0.25) is 5.91 Å². The van der Waals surface area contributed by atoms with Gasteiger partial charge in [0, 0.05) is 41.6 Å². The van der Waals surface area contributed by atoms with Crippen LogP contribution < -0.4 is 5.32 Å². The number of furan rings is 1. The fourth-order valence-corrected chi connectivity index (χ4v) is 4.33. The zero-order valence-corrected chi connectivity index (χ0v) is 18.0. The number of halogens is 1. The molecule has 1 N–H and O–H groups in total. The quantitative estimate of drug-likeness (QED) is 0.648. The lowest BCUT2D eigenvalue weighted by Gasteiger charge is -2.33. The van der Waals surface area contributed by atoms with E-state index in [2.05, 4.69) is 10.3 Å². The Hall–Kier alpha value is -2.68. The van der Waals surface area contributed by atoms with Gasteiger partial charge in [0.05, 0.1) is 18.5 Å². The summed E-state index contributed by atoms with van der Waals surface area (Å²) in [6, 6.07) is 10.8.